The molecule has 9 aromatic rings. The lowest BCUT2D eigenvalue weighted by atomic mass is 9.75. The largest absolute Gasteiger partial charge is 0.495 e. The molecular formula is C62H38N6O10S5. The van der Waals surface area contributed by atoms with Crippen LogP contribution in [0.15, 0.2) is 161 Å². The highest BCUT2D eigenvalue weighted by Gasteiger charge is 2.71. The van der Waals surface area contributed by atoms with Crippen molar-refractivity contribution in [1.82, 2.24) is 0 Å². The number of thiophene rings is 5. The van der Waals surface area contributed by atoms with Crippen molar-refractivity contribution in [3.63, 3.8) is 0 Å². The van der Waals surface area contributed by atoms with Crippen molar-refractivity contribution in [3.05, 3.63) is 189 Å². The zero-order valence-corrected chi connectivity index (χ0v) is 47.6. The van der Waals surface area contributed by atoms with Crippen LogP contribution in [-0.4, -0.2) is 49.5 Å². The first kappa shape index (κ1) is 55.1. The van der Waals surface area contributed by atoms with Gasteiger partial charge in [0, 0.05) is 38.4 Å². The van der Waals surface area contributed by atoms with Crippen LogP contribution in [0.4, 0.5) is 10.0 Å². The molecule has 0 unspecified atom stereocenters. The Morgan fingerprint density at radius 1 is 0.470 bits per heavy atom. The van der Waals surface area contributed by atoms with Crippen LogP contribution >= 0.6 is 56.7 Å². The molecule has 0 aliphatic heterocycles. The van der Waals surface area contributed by atoms with Gasteiger partial charge in [-0.05, 0) is 40.0 Å². The Balaban J connectivity index is 1.22. The lowest BCUT2D eigenvalue weighted by Crippen LogP contribution is -2.46. The second-order valence-electron chi connectivity index (χ2n) is 18.3. The number of methoxy groups -OCH3 is 2. The van der Waals surface area contributed by atoms with Gasteiger partial charge >= 0.3 is 23.9 Å². The zero-order chi connectivity index (χ0) is 57.8. The van der Waals surface area contributed by atoms with Gasteiger partial charge in [0.2, 0.25) is 22.3 Å². The Kier molecular flexibility index (Phi) is 15.5. The summed E-state index contributed by atoms with van der Waals surface area (Å²) in [6, 6.07) is 47.5. The fraction of sp³-hybridized carbons (Fsp3) is 0.129. The van der Waals surface area contributed by atoms with Gasteiger partial charge in [-0.2, -0.15) is 21.0 Å². The molecule has 0 radical (unpaired) electrons. The third-order valence-corrected chi connectivity index (χ3v) is 19.7. The standard InChI is InChI=1S/C62H38N6O10S5/c1-73-43-24-47(67-39(27-63)28-64)81-51(43)42-23-41-49(62(42,59(71)77-33-37-19-11-5-12-20-37)60(72)78-34-38-21-13-6-14-22-38)54-50(61(41,57(69)75-31-35-15-7-3-8-16-35)58(70)76-32-36-17-9-4-10-18-36)55-56(83-54)53-46(80-55)26-45(79-53)52-44(74-2)25-48(82-52)68-40(29-65)30-66/h3-26H,31-34H2,1-2H3. The number of rotatable bonds is 18. The van der Waals surface area contributed by atoms with E-state index in [-0.39, 0.29) is 74.9 Å². The summed E-state index contributed by atoms with van der Waals surface area (Å²) in [4.78, 5) is 75.0. The van der Waals surface area contributed by atoms with Crippen LogP contribution < -0.4 is 9.47 Å². The van der Waals surface area contributed by atoms with Crippen molar-refractivity contribution in [2.24, 2.45) is 15.4 Å². The van der Waals surface area contributed by atoms with Crippen molar-refractivity contribution >= 4 is 132 Å². The van der Waals surface area contributed by atoms with Crippen molar-refractivity contribution in [2.45, 2.75) is 31.8 Å². The second-order valence-corrected chi connectivity index (χ2v) is 23.5. The fourth-order valence-corrected chi connectivity index (χ4v) is 16.5. The number of esters is 4. The highest BCUT2D eigenvalue weighted by atomic mass is 32.1. The summed E-state index contributed by atoms with van der Waals surface area (Å²) in [5.74, 6) is -3.95. The van der Waals surface area contributed by atoms with Crippen LogP contribution in [0, 0.1) is 50.7 Å². The van der Waals surface area contributed by atoms with E-state index in [2.05, 4.69) is 9.98 Å². The average molecular weight is 1190 g/mol. The van der Waals surface area contributed by atoms with Gasteiger partial charge in [0.05, 0.1) is 43.0 Å². The monoisotopic (exact) mass is 1190 g/mol. The van der Waals surface area contributed by atoms with E-state index in [0.717, 1.165) is 32.3 Å². The molecule has 5 heterocycles. The quantitative estimate of drug-likeness (QED) is 0.0336. The molecule has 406 valence electrons. The third-order valence-electron chi connectivity index (χ3n) is 13.5. The third kappa shape index (κ3) is 9.82. The number of fused-ring (bicyclic) bond motifs is 6. The molecule has 83 heavy (non-hydrogen) atoms. The Labute approximate surface area is 493 Å². The maximum absolute atomic E-state index is 16.2. The molecule has 0 amide bonds. The van der Waals surface area contributed by atoms with E-state index in [1.165, 1.54) is 60.4 Å². The summed E-state index contributed by atoms with van der Waals surface area (Å²) in [5.41, 5.74) is -4.04. The summed E-state index contributed by atoms with van der Waals surface area (Å²) in [5, 5.41) is 39.1. The molecule has 0 bridgehead atoms. The zero-order valence-electron chi connectivity index (χ0n) is 43.5. The molecule has 0 saturated carbocycles. The van der Waals surface area contributed by atoms with Crippen molar-refractivity contribution < 1.29 is 47.6 Å². The van der Waals surface area contributed by atoms with Crippen LogP contribution in [0.1, 0.15) is 37.6 Å². The van der Waals surface area contributed by atoms with Gasteiger partial charge in [-0.1, -0.05) is 121 Å². The molecule has 0 saturated heterocycles. The first-order valence-electron chi connectivity index (χ1n) is 25.0. The minimum Gasteiger partial charge on any atom is -0.495 e. The van der Waals surface area contributed by atoms with Crippen LogP contribution in [0.5, 0.6) is 11.5 Å². The van der Waals surface area contributed by atoms with Gasteiger partial charge in [0.25, 0.3) is 0 Å². The summed E-state index contributed by atoms with van der Waals surface area (Å²) in [6.45, 7) is -1.28. The smallest absolute Gasteiger partial charge is 0.333 e. The highest BCUT2D eigenvalue weighted by Crippen LogP contribution is 2.69. The van der Waals surface area contributed by atoms with Crippen LogP contribution in [-0.2, 0) is 70.0 Å². The number of nitriles is 4. The maximum atomic E-state index is 16.2. The van der Waals surface area contributed by atoms with Gasteiger partial charge in [0.15, 0.2) is 0 Å². The van der Waals surface area contributed by atoms with E-state index in [9.17, 15) is 21.0 Å². The van der Waals surface area contributed by atoms with Crippen molar-refractivity contribution in [3.8, 4) is 45.5 Å². The number of allylic oxidation sites excluding steroid dienone is 1. The first-order valence-corrected chi connectivity index (χ1v) is 29.0. The molecule has 21 heteroatoms. The van der Waals surface area contributed by atoms with Crippen LogP contribution in [0.2, 0.25) is 0 Å². The number of ether oxygens (including phenoxy) is 6. The van der Waals surface area contributed by atoms with E-state index < -0.39 is 40.4 Å². The number of carbonyl (C=O) groups excluding carboxylic acids is 4. The van der Waals surface area contributed by atoms with E-state index in [1.807, 2.05) is 6.07 Å². The van der Waals surface area contributed by atoms with Crippen LogP contribution in [0.25, 0.3) is 39.7 Å². The van der Waals surface area contributed by atoms with E-state index >= 15 is 19.2 Å². The SMILES string of the molecule is COc1cc(N=C(C#N)C#N)sc1C1=CC2=C(c3sc4c(sc5cc(-c6sc(N=C(C#N)C#N)cc6OC)sc54)c3C2(C(=O)OCc2ccccc2)C(=O)OCc2ccccc2)C1(C(=O)OCc1ccccc1)C(=O)OCc1ccccc1. The Bertz CT molecular complexity index is 4250. The molecule has 0 N–H and O–H groups in total. The predicted molar refractivity (Wildman–Crippen MR) is 316 cm³/mol. The first-order chi connectivity index (χ1) is 40.5. The van der Waals surface area contributed by atoms with Crippen LogP contribution in [0.3, 0.4) is 0 Å². The van der Waals surface area contributed by atoms with Crippen molar-refractivity contribution in [2.75, 3.05) is 14.2 Å². The summed E-state index contributed by atoms with van der Waals surface area (Å²) in [6.07, 6.45) is 1.44. The summed E-state index contributed by atoms with van der Waals surface area (Å²) >= 11 is 5.87. The van der Waals surface area contributed by atoms with Gasteiger partial charge < -0.3 is 28.4 Å². The molecular weight excluding hydrogens is 1150 g/mol. The van der Waals surface area contributed by atoms with E-state index in [4.69, 9.17) is 28.4 Å². The number of benzene rings is 4. The fourth-order valence-electron chi connectivity index (χ4n) is 9.84. The molecule has 5 aromatic heterocycles. The van der Waals surface area contributed by atoms with Crippen molar-refractivity contribution in [1.29, 1.82) is 21.0 Å². The van der Waals surface area contributed by atoms with Gasteiger partial charge in [-0.25, -0.2) is 9.98 Å². The number of carbonyl (C=O) groups is 4. The van der Waals surface area contributed by atoms with Gasteiger partial charge in [0.1, 0.15) is 72.2 Å². The minimum atomic E-state index is -2.69. The normalized spacial score (nSPS) is 13.3. The molecule has 0 spiro atoms. The molecule has 4 aromatic carbocycles. The summed E-state index contributed by atoms with van der Waals surface area (Å²) < 4.78 is 39.6. The Morgan fingerprint density at radius 2 is 0.880 bits per heavy atom. The molecule has 2 aliphatic rings. The second kappa shape index (κ2) is 23.3. The molecule has 0 fully saturated rings. The highest BCUT2D eigenvalue weighted by molar-refractivity contribution is 7.40. The van der Waals surface area contributed by atoms with E-state index in [1.54, 1.807) is 152 Å². The Morgan fingerprint density at radius 3 is 1.30 bits per heavy atom. The Hall–Kier alpha value is -9.84. The van der Waals surface area contributed by atoms with Gasteiger partial charge in [-0.3, -0.25) is 19.2 Å². The number of aliphatic imine (C=N–C) groups is 2. The summed E-state index contributed by atoms with van der Waals surface area (Å²) in [7, 11) is 2.84. The maximum Gasteiger partial charge on any atom is 0.333 e. The minimum absolute atomic E-state index is 0.0472. The number of hydrogen-bond acceptors (Lipinski definition) is 21. The lowest BCUT2D eigenvalue weighted by molar-refractivity contribution is -0.166. The molecule has 0 atom stereocenters. The number of hydrogen-bond donors (Lipinski definition) is 0. The molecule has 16 nitrogen and oxygen atoms in total. The topological polar surface area (TPSA) is 244 Å². The van der Waals surface area contributed by atoms with Gasteiger partial charge in [-0.15, -0.1) is 56.7 Å². The lowest BCUT2D eigenvalue weighted by Gasteiger charge is -2.31. The molecule has 2 aliphatic carbocycles. The average Bonchev–Trinajstić information content (AvgIpc) is 1.56. The number of nitrogens with zero attached hydrogens (tertiary/aromatic N) is 6. The van der Waals surface area contributed by atoms with E-state index in [0.29, 0.717) is 52.0 Å². The molecule has 11 rings (SSSR count). The predicted octanol–water partition coefficient (Wildman–Crippen LogP) is 13.3.